The molecule has 0 aromatic heterocycles. The van der Waals surface area contributed by atoms with E-state index >= 15 is 0 Å². The maximum Gasteiger partial charge on any atom is 0.236 e. The number of hydrogen-bond acceptors (Lipinski definition) is 3. The average Bonchev–Trinajstić information content (AvgIpc) is 2.12. The van der Waals surface area contributed by atoms with Gasteiger partial charge in [0.15, 0.2) is 0 Å². The van der Waals surface area contributed by atoms with Gasteiger partial charge in [-0.1, -0.05) is 20.8 Å². The van der Waals surface area contributed by atoms with Crippen molar-refractivity contribution < 1.29 is 4.79 Å². The summed E-state index contributed by atoms with van der Waals surface area (Å²) in [5, 5.41) is 5.90. The van der Waals surface area contributed by atoms with E-state index in [9.17, 15) is 4.79 Å². The molecule has 0 aliphatic carbocycles. The van der Waals surface area contributed by atoms with Gasteiger partial charge in [0.1, 0.15) is 0 Å². The van der Waals surface area contributed by atoms with E-state index in [1.165, 1.54) is 0 Å². The smallest absolute Gasteiger partial charge is 0.236 e. The molecule has 1 amide bonds. The first-order valence-corrected chi connectivity index (χ1v) is 6.36. The predicted molar refractivity (Wildman–Crippen MR) is 68.3 cm³/mol. The summed E-state index contributed by atoms with van der Waals surface area (Å²) in [5.41, 5.74) is 0. The molecule has 0 aromatic rings. The van der Waals surface area contributed by atoms with E-state index in [1.54, 1.807) is 7.05 Å². The second kappa shape index (κ2) is 6.38. The molecule has 0 aliphatic heterocycles. The highest BCUT2D eigenvalue weighted by Gasteiger charge is 2.16. The van der Waals surface area contributed by atoms with Crippen LogP contribution in [0.4, 0.5) is 0 Å². The summed E-state index contributed by atoms with van der Waals surface area (Å²) < 4.78 is 0.284. The van der Waals surface area contributed by atoms with Gasteiger partial charge in [-0.3, -0.25) is 4.79 Å². The molecule has 0 fully saturated rings. The van der Waals surface area contributed by atoms with Gasteiger partial charge in [0, 0.05) is 23.6 Å². The maximum atomic E-state index is 11.3. The molecular formula is C11H24N2OS. The predicted octanol–water partition coefficient (Wildman–Crippen LogP) is 1.63. The summed E-state index contributed by atoms with van der Waals surface area (Å²) >= 11 is 1.91. The SMILES string of the molecule is CNC(=O)[C@@H](C)NC(C)CSC(C)(C)C. The van der Waals surface area contributed by atoms with E-state index in [0.717, 1.165) is 5.75 Å². The number of carbonyl (C=O) groups excluding carboxylic acids is 1. The fourth-order valence-electron chi connectivity index (χ4n) is 1.14. The Kier molecular flexibility index (Phi) is 6.29. The van der Waals surface area contributed by atoms with Crippen LogP contribution in [0.3, 0.4) is 0 Å². The van der Waals surface area contributed by atoms with E-state index < -0.39 is 0 Å². The minimum atomic E-state index is -0.120. The fraction of sp³-hybridized carbons (Fsp3) is 0.909. The van der Waals surface area contributed by atoms with Crippen molar-refractivity contribution in [1.82, 2.24) is 10.6 Å². The maximum absolute atomic E-state index is 11.3. The lowest BCUT2D eigenvalue weighted by Crippen LogP contribution is -2.45. The van der Waals surface area contributed by atoms with Crippen LogP contribution in [0.2, 0.25) is 0 Å². The normalized spacial score (nSPS) is 15.9. The number of rotatable bonds is 5. The second-order valence-electron chi connectivity index (χ2n) is 4.83. The van der Waals surface area contributed by atoms with Crippen molar-refractivity contribution in [1.29, 1.82) is 0 Å². The minimum Gasteiger partial charge on any atom is -0.358 e. The lowest BCUT2D eigenvalue weighted by atomic mass is 10.2. The van der Waals surface area contributed by atoms with E-state index in [0.29, 0.717) is 6.04 Å². The third-order valence-corrected chi connectivity index (χ3v) is 3.47. The standard InChI is InChI=1S/C11H24N2OS/c1-8(7-15-11(3,4)5)13-9(2)10(14)12-6/h8-9,13H,7H2,1-6H3,(H,12,14)/t8?,9-/m1/s1. The molecule has 4 heteroatoms. The molecule has 0 aromatic carbocycles. The van der Waals surface area contributed by atoms with Gasteiger partial charge in [-0.05, 0) is 13.8 Å². The van der Waals surface area contributed by atoms with Crippen molar-refractivity contribution in [2.45, 2.75) is 51.4 Å². The van der Waals surface area contributed by atoms with Gasteiger partial charge in [0.05, 0.1) is 6.04 Å². The first-order chi connectivity index (χ1) is 6.76. The van der Waals surface area contributed by atoms with E-state index in [2.05, 4.69) is 38.3 Å². The molecule has 0 bridgehead atoms. The first-order valence-electron chi connectivity index (χ1n) is 5.38. The van der Waals surface area contributed by atoms with Gasteiger partial charge >= 0.3 is 0 Å². The third kappa shape index (κ3) is 7.68. The van der Waals surface area contributed by atoms with Crippen molar-refractivity contribution >= 4 is 17.7 Å². The molecule has 0 saturated carbocycles. The second-order valence-corrected chi connectivity index (χ2v) is 6.67. The Morgan fingerprint density at radius 3 is 2.27 bits per heavy atom. The zero-order chi connectivity index (χ0) is 12.1. The highest BCUT2D eigenvalue weighted by Crippen LogP contribution is 2.23. The van der Waals surface area contributed by atoms with Gasteiger partial charge < -0.3 is 10.6 Å². The lowest BCUT2D eigenvalue weighted by molar-refractivity contribution is -0.122. The quantitative estimate of drug-likeness (QED) is 0.757. The van der Waals surface area contributed by atoms with Crippen LogP contribution in [0.1, 0.15) is 34.6 Å². The van der Waals surface area contributed by atoms with Crippen LogP contribution < -0.4 is 10.6 Å². The highest BCUT2D eigenvalue weighted by atomic mass is 32.2. The summed E-state index contributed by atoms with van der Waals surface area (Å²) in [4.78, 5) is 11.3. The first kappa shape index (κ1) is 14.8. The largest absolute Gasteiger partial charge is 0.358 e. The van der Waals surface area contributed by atoms with Crippen molar-refractivity contribution in [3.63, 3.8) is 0 Å². The molecule has 3 nitrogen and oxygen atoms in total. The van der Waals surface area contributed by atoms with Crippen molar-refractivity contribution in [2.24, 2.45) is 0 Å². The Balaban J connectivity index is 3.83. The molecule has 1 unspecified atom stereocenters. The van der Waals surface area contributed by atoms with Crippen LogP contribution in [0.15, 0.2) is 0 Å². The highest BCUT2D eigenvalue weighted by molar-refractivity contribution is 8.00. The van der Waals surface area contributed by atoms with Crippen LogP contribution in [0.5, 0.6) is 0 Å². The number of likely N-dealkylation sites (N-methyl/N-ethyl adjacent to an activating group) is 1. The van der Waals surface area contributed by atoms with E-state index in [1.807, 2.05) is 18.7 Å². The average molecular weight is 232 g/mol. The summed E-state index contributed by atoms with van der Waals surface area (Å²) in [5.74, 6) is 1.06. The number of hydrogen-bond donors (Lipinski definition) is 2. The van der Waals surface area contributed by atoms with Crippen LogP contribution in [-0.2, 0) is 4.79 Å². The molecule has 0 aliphatic rings. The monoisotopic (exact) mass is 232 g/mol. The van der Waals surface area contributed by atoms with Gasteiger partial charge in [-0.2, -0.15) is 11.8 Å². The van der Waals surface area contributed by atoms with Gasteiger partial charge in [-0.15, -0.1) is 0 Å². The van der Waals surface area contributed by atoms with Crippen molar-refractivity contribution in [3.8, 4) is 0 Å². The Hall–Kier alpha value is -0.220. The summed E-state index contributed by atoms with van der Waals surface area (Å²) in [6.45, 7) is 10.6. The Labute approximate surface area is 97.8 Å². The van der Waals surface area contributed by atoms with Crippen molar-refractivity contribution in [2.75, 3.05) is 12.8 Å². The Bertz CT molecular complexity index is 201. The Morgan fingerprint density at radius 1 is 1.33 bits per heavy atom. The van der Waals surface area contributed by atoms with Crippen molar-refractivity contribution in [3.05, 3.63) is 0 Å². The number of carbonyl (C=O) groups is 1. The van der Waals surface area contributed by atoms with Crippen LogP contribution in [-0.4, -0.2) is 35.5 Å². The number of thioether (sulfide) groups is 1. The van der Waals surface area contributed by atoms with Crippen LogP contribution in [0.25, 0.3) is 0 Å². The minimum absolute atomic E-state index is 0.0441. The van der Waals surface area contributed by atoms with Gasteiger partial charge in [0.25, 0.3) is 0 Å². The molecular weight excluding hydrogens is 208 g/mol. The zero-order valence-electron chi connectivity index (χ0n) is 10.7. The van der Waals surface area contributed by atoms with E-state index in [4.69, 9.17) is 0 Å². The van der Waals surface area contributed by atoms with Gasteiger partial charge in [0.2, 0.25) is 5.91 Å². The number of amides is 1. The van der Waals surface area contributed by atoms with E-state index in [-0.39, 0.29) is 16.7 Å². The Morgan fingerprint density at radius 2 is 1.87 bits per heavy atom. The molecule has 2 atom stereocenters. The summed E-state index contributed by atoms with van der Waals surface area (Å²) in [6, 6.07) is 0.229. The molecule has 0 saturated heterocycles. The third-order valence-electron chi connectivity index (χ3n) is 1.94. The molecule has 0 radical (unpaired) electrons. The van der Waals surface area contributed by atoms with Gasteiger partial charge in [-0.25, -0.2) is 0 Å². The molecule has 0 rings (SSSR count). The number of nitrogens with one attached hydrogen (secondary N) is 2. The molecule has 15 heavy (non-hydrogen) atoms. The van der Waals surface area contributed by atoms with Crippen LogP contribution in [0, 0.1) is 0 Å². The molecule has 0 spiro atoms. The zero-order valence-corrected chi connectivity index (χ0v) is 11.5. The topological polar surface area (TPSA) is 41.1 Å². The summed E-state index contributed by atoms with van der Waals surface area (Å²) in [7, 11) is 1.66. The molecule has 90 valence electrons. The van der Waals surface area contributed by atoms with Crippen LogP contribution >= 0.6 is 11.8 Å². The molecule has 2 N–H and O–H groups in total. The lowest BCUT2D eigenvalue weighted by Gasteiger charge is -2.23. The summed E-state index contributed by atoms with van der Waals surface area (Å²) in [6.07, 6.45) is 0. The molecule has 0 heterocycles. The fourth-order valence-corrected chi connectivity index (χ4v) is 1.99.